The van der Waals surface area contributed by atoms with Gasteiger partial charge in [-0.05, 0) is 39.3 Å². The molecule has 1 aliphatic heterocycles. The van der Waals surface area contributed by atoms with Crippen molar-refractivity contribution in [1.29, 1.82) is 0 Å². The van der Waals surface area contributed by atoms with Crippen LogP contribution >= 0.6 is 0 Å². The van der Waals surface area contributed by atoms with Crippen LogP contribution in [0, 0.1) is 0 Å². The zero-order chi connectivity index (χ0) is 13.3. The van der Waals surface area contributed by atoms with Crippen LogP contribution in [-0.2, 0) is 17.8 Å². The van der Waals surface area contributed by atoms with Crippen LogP contribution in [0.3, 0.4) is 0 Å². The molecular weight excluding hydrogens is 246 g/mol. The fourth-order valence-electron chi connectivity index (χ4n) is 2.05. The standard InChI is InChI=1S/C14H21NO2S/c1-10(15-18(16)14(2,3)4)11-6-5-7-13-12(11)8-9-17-13/h5-7,10,15H,8-9H2,1-4H3/t10-,18?/m0/s1. The Morgan fingerprint density at radius 2 is 2.11 bits per heavy atom. The van der Waals surface area contributed by atoms with Gasteiger partial charge < -0.3 is 9.29 Å². The van der Waals surface area contributed by atoms with Gasteiger partial charge in [-0.2, -0.15) is 0 Å². The van der Waals surface area contributed by atoms with Gasteiger partial charge in [0.25, 0.3) is 0 Å². The van der Waals surface area contributed by atoms with E-state index in [1.807, 2.05) is 32.9 Å². The summed E-state index contributed by atoms with van der Waals surface area (Å²) in [7, 11) is 0. The summed E-state index contributed by atoms with van der Waals surface area (Å²) in [6.07, 6.45) is 0.944. The Morgan fingerprint density at radius 1 is 1.39 bits per heavy atom. The van der Waals surface area contributed by atoms with Gasteiger partial charge in [-0.3, -0.25) is 0 Å². The first-order valence-corrected chi connectivity index (χ1v) is 7.47. The van der Waals surface area contributed by atoms with Gasteiger partial charge in [-0.25, -0.2) is 0 Å². The van der Waals surface area contributed by atoms with Gasteiger partial charge in [-0.1, -0.05) is 12.1 Å². The Hall–Kier alpha value is -0.710. The third-order valence-electron chi connectivity index (χ3n) is 3.09. The smallest absolute Gasteiger partial charge is 0.136 e. The highest BCUT2D eigenvalue weighted by Gasteiger charge is 2.29. The van der Waals surface area contributed by atoms with Gasteiger partial charge in [0.1, 0.15) is 10.5 Å². The maximum atomic E-state index is 12.1. The van der Waals surface area contributed by atoms with Crippen molar-refractivity contribution in [2.24, 2.45) is 0 Å². The average Bonchev–Trinajstić information content (AvgIpc) is 2.74. The molecule has 4 heteroatoms. The van der Waals surface area contributed by atoms with E-state index in [0.29, 0.717) is 0 Å². The molecular formula is C14H21NO2S. The molecule has 3 nitrogen and oxygen atoms in total. The van der Waals surface area contributed by atoms with Crippen LogP contribution < -0.4 is 9.46 Å². The first-order valence-electron chi connectivity index (χ1n) is 6.32. The van der Waals surface area contributed by atoms with Gasteiger partial charge in [0, 0.05) is 23.3 Å². The molecule has 100 valence electrons. The minimum Gasteiger partial charge on any atom is -0.598 e. The lowest BCUT2D eigenvalue weighted by atomic mass is 10.0. The lowest BCUT2D eigenvalue weighted by Gasteiger charge is -2.27. The van der Waals surface area contributed by atoms with Crippen LogP contribution in [-0.4, -0.2) is 15.9 Å². The Balaban J connectivity index is 2.15. The van der Waals surface area contributed by atoms with Crippen molar-refractivity contribution in [3.8, 4) is 5.75 Å². The van der Waals surface area contributed by atoms with Gasteiger partial charge in [0.15, 0.2) is 0 Å². The molecule has 2 atom stereocenters. The molecule has 1 N–H and O–H groups in total. The number of fused-ring (bicyclic) bond motifs is 1. The molecule has 0 saturated heterocycles. The minimum absolute atomic E-state index is 0.0710. The normalized spacial score (nSPS) is 18.1. The van der Waals surface area contributed by atoms with E-state index in [2.05, 4.69) is 17.7 Å². The summed E-state index contributed by atoms with van der Waals surface area (Å²) in [6.45, 7) is 8.73. The Bertz CT molecular complexity index is 428. The van der Waals surface area contributed by atoms with Crippen molar-refractivity contribution in [2.45, 2.75) is 44.9 Å². The van der Waals surface area contributed by atoms with E-state index in [9.17, 15) is 4.55 Å². The number of rotatable bonds is 3. The van der Waals surface area contributed by atoms with Crippen LogP contribution in [0.2, 0.25) is 0 Å². The molecule has 0 fully saturated rings. The summed E-state index contributed by atoms with van der Waals surface area (Å²) in [6, 6.07) is 6.16. The minimum atomic E-state index is -1.06. The van der Waals surface area contributed by atoms with Gasteiger partial charge in [-0.15, -0.1) is 4.72 Å². The maximum Gasteiger partial charge on any atom is 0.136 e. The third kappa shape index (κ3) is 2.82. The molecule has 1 unspecified atom stereocenters. The molecule has 0 saturated carbocycles. The third-order valence-corrected chi connectivity index (χ3v) is 4.77. The number of hydrogen-bond acceptors (Lipinski definition) is 3. The first-order chi connectivity index (χ1) is 8.39. The van der Waals surface area contributed by atoms with Gasteiger partial charge >= 0.3 is 0 Å². The van der Waals surface area contributed by atoms with Crippen LogP contribution in [0.1, 0.15) is 44.9 Å². The molecule has 0 radical (unpaired) electrons. The molecule has 1 heterocycles. The fourth-order valence-corrected chi connectivity index (χ4v) is 2.86. The second-order valence-electron chi connectivity index (χ2n) is 5.64. The van der Waals surface area contributed by atoms with Crippen LogP contribution in [0.5, 0.6) is 5.75 Å². The van der Waals surface area contributed by atoms with Crippen molar-refractivity contribution in [3.05, 3.63) is 29.3 Å². The van der Waals surface area contributed by atoms with E-state index >= 15 is 0 Å². The van der Waals surface area contributed by atoms with Crippen molar-refractivity contribution < 1.29 is 9.29 Å². The molecule has 0 bridgehead atoms. The molecule has 18 heavy (non-hydrogen) atoms. The van der Waals surface area contributed by atoms with Crippen LogP contribution in [0.25, 0.3) is 0 Å². The molecule has 2 rings (SSSR count). The molecule has 1 aliphatic rings. The summed E-state index contributed by atoms with van der Waals surface area (Å²) in [5.41, 5.74) is 2.45. The summed E-state index contributed by atoms with van der Waals surface area (Å²) >= 11 is -1.06. The van der Waals surface area contributed by atoms with Gasteiger partial charge in [0.05, 0.1) is 12.6 Å². The van der Waals surface area contributed by atoms with E-state index in [0.717, 1.165) is 18.8 Å². The van der Waals surface area contributed by atoms with Gasteiger partial charge in [0.2, 0.25) is 0 Å². The Kier molecular flexibility index (Phi) is 3.90. The topological polar surface area (TPSA) is 44.3 Å². The van der Waals surface area contributed by atoms with E-state index in [-0.39, 0.29) is 10.8 Å². The highest BCUT2D eigenvalue weighted by Crippen LogP contribution is 2.32. The van der Waals surface area contributed by atoms with Crippen molar-refractivity contribution >= 4 is 11.4 Å². The Morgan fingerprint density at radius 3 is 2.78 bits per heavy atom. The highest BCUT2D eigenvalue weighted by molar-refractivity contribution is 7.90. The zero-order valence-electron chi connectivity index (χ0n) is 11.4. The molecule has 0 amide bonds. The predicted molar refractivity (Wildman–Crippen MR) is 75.1 cm³/mol. The molecule has 0 aromatic heterocycles. The van der Waals surface area contributed by atoms with Crippen LogP contribution in [0.15, 0.2) is 18.2 Å². The molecule has 1 aromatic rings. The van der Waals surface area contributed by atoms with E-state index in [1.54, 1.807) is 0 Å². The number of ether oxygens (including phenoxy) is 1. The average molecular weight is 267 g/mol. The number of hydrogen-bond donors (Lipinski definition) is 1. The zero-order valence-corrected chi connectivity index (χ0v) is 12.3. The van der Waals surface area contributed by atoms with Crippen molar-refractivity contribution in [3.63, 3.8) is 0 Å². The van der Waals surface area contributed by atoms with E-state index < -0.39 is 11.4 Å². The SMILES string of the molecule is C[C@H](N[S+]([O-])C(C)(C)C)c1cccc2c1CCO2. The fraction of sp³-hybridized carbons (Fsp3) is 0.571. The second kappa shape index (κ2) is 5.11. The lowest BCUT2D eigenvalue weighted by Crippen LogP contribution is -2.40. The first kappa shape index (κ1) is 13.7. The summed E-state index contributed by atoms with van der Waals surface area (Å²) in [4.78, 5) is 0. The van der Waals surface area contributed by atoms with Crippen molar-refractivity contribution in [2.75, 3.05) is 6.61 Å². The van der Waals surface area contributed by atoms with Crippen LogP contribution in [0.4, 0.5) is 0 Å². The van der Waals surface area contributed by atoms with Crippen molar-refractivity contribution in [1.82, 2.24) is 4.72 Å². The second-order valence-corrected chi connectivity index (χ2v) is 7.64. The monoisotopic (exact) mass is 267 g/mol. The largest absolute Gasteiger partial charge is 0.598 e. The predicted octanol–water partition coefficient (Wildman–Crippen LogP) is 2.73. The molecule has 1 aromatic carbocycles. The highest BCUT2D eigenvalue weighted by atomic mass is 32.2. The van der Waals surface area contributed by atoms with E-state index in [4.69, 9.17) is 4.74 Å². The molecule has 0 spiro atoms. The lowest BCUT2D eigenvalue weighted by molar-refractivity contribution is 0.357. The number of nitrogens with one attached hydrogen (secondary N) is 1. The Labute approximate surface area is 112 Å². The number of benzene rings is 1. The van der Waals surface area contributed by atoms with E-state index in [1.165, 1.54) is 11.1 Å². The molecule has 0 aliphatic carbocycles. The summed E-state index contributed by atoms with van der Waals surface area (Å²) in [5.74, 6) is 0.975. The summed E-state index contributed by atoms with van der Waals surface area (Å²) < 4.78 is 20.6. The maximum absolute atomic E-state index is 12.1. The summed E-state index contributed by atoms with van der Waals surface area (Å²) in [5, 5.41) is 0. The quantitative estimate of drug-likeness (QED) is 0.856.